The normalized spacial score (nSPS) is 26.3. The molecule has 0 bridgehead atoms. The van der Waals surface area contributed by atoms with Gasteiger partial charge in [0, 0.05) is 26.2 Å². The van der Waals surface area contributed by atoms with Gasteiger partial charge < -0.3 is 5.11 Å². The van der Waals surface area contributed by atoms with E-state index in [-0.39, 0.29) is 37.7 Å². The minimum Gasteiger partial charge on any atom is -0.481 e. The van der Waals surface area contributed by atoms with Gasteiger partial charge in [-0.15, -0.1) is 0 Å². The van der Waals surface area contributed by atoms with Gasteiger partial charge in [-0.05, 0) is 19.3 Å². The molecule has 2 saturated heterocycles. The third-order valence-electron chi connectivity index (χ3n) is 3.97. The van der Waals surface area contributed by atoms with Gasteiger partial charge in [-0.2, -0.15) is 17.0 Å². The standard InChI is InChI=1S/C11H20N2O6S2/c14-11(15)10-2-5-13(6-3-10)21(18,19)12-4-1-8-20(16,17)9-7-12/h10H,1-9H2,(H,14,15). The second-order valence-electron chi connectivity index (χ2n) is 5.42. The number of carbonyl (C=O) groups is 1. The van der Waals surface area contributed by atoms with Crippen LogP contribution in [-0.4, -0.2) is 74.2 Å². The first-order valence-electron chi connectivity index (χ1n) is 6.91. The zero-order chi connectivity index (χ0) is 15.7. The predicted molar refractivity (Wildman–Crippen MR) is 75.7 cm³/mol. The van der Waals surface area contributed by atoms with Crippen molar-refractivity contribution in [3.63, 3.8) is 0 Å². The van der Waals surface area contributed by atoms with Gasteiger partial charge in [-0.3, -0.25) is 4.79 Å². The SMILES string of the molecule is O=C(O)C1CCN(S(=O)(=O)N2CCCS(=O)(=O)CC2)CC1. The smallest absolute Gasteiger partial charge is 0.306 e. The van der Waals surface area contributed by atoms with E-state index in [0.717, 1.165) is 0 Å². The Morgan fingerprint density at radius 1 is 1.00 bits per heavy atom. The van der Waals surface area contributed by atoms with Crippen LogP contribution in [0, 0.1) is 5.92 Å². The van der Waals surface area contributed by atoms with Crippen LogP contribution in [0.3, 0.4) is 0 Å². The van der Waals surface area contributed by atoms with E-state index in [2.05, 4.69) is 0 Å². The quantitative estimate of drug-likeness (QED) is 0.716. The molecule has 0 aromatic rings. The second-order valence-corrected chi connectivity index (χ2v) is 9.66. The van der Waals surface area contributed by atoms with Crippen molar-refractivity contribution < 1.29 is 26.7 Å². The number of carboxylic acid groups (broad SMARTS) is 1. The van der Waals surface area contributed by atoms with E-state index >= 15 is 0 Å². The highest BCUT2D eigenvalue weighted by Crippen LogP contribution is 2.22. The minimum atomic E-state index is -3.70. The van der Waals surface area contributed by atoms with Crippen LogP contribution < -0.4 is 0 Å². The van der Waals surface area contributed by atoms with Gasteiger partial charge >= 0.3 is 5.97 Å². The fourth-order valence-corrected chi connectivity index (χ4v) is 5.71. The fraction of sp³-hybridized carbons (Fsp3) is 0.909. The van der Waals surface area contributed by atoms with Crippen molar-refractivity contribution in [1.29, 1.82) is 0 Å². The summed E-state index contributed by atoms with van der Waals surface area (Å²) in [5.41, 5.74) is 0. The maximum absolute atomic E-state index is 12.5. The zero-order valence-corrected chi connectivity index (χ0v) is 13.3. The van der Waals surface area contributed by atoms with Crippen LogP contribution in [0.5, 0.6) is 0 Å². The van der Waals surface area contributed by atoms with E-state index in [0.29, 0.717) is 19.3 Å². The molecule has 21 heavy (non-hydrogen) atoms. The summed E-state index contributed by atoms with van der Waals surface area (Å²) in [5.74, 6) is -1.54. The number of aliphatic carboxylic acids is 1. The summed E-state index contributed by atoms with van der Waals surface area (Å²) in [6.07, 6.45) is 0.883. The Balaban J connectivity index is 2.03. The van der Waals surface area contributed by atoms with Crippen molar-refractivity contribution in [1.82, 2.24) is 8.61 Å². The first-order chi connectivity index (χ1) is 9.72. The van der Waals surface area contributed by atoms with Crippen molar-refractivity contribution in [3.05, 3.63) is 0 Å². The second kappa shape index (κ2) is 6.19. The maximum atomic E-state index is 12.5. The fourth-order valence-electron chi connectivity index (χ4n) is 2.64. The minimum absolute atomic E-state index is 0.0140. The largest absolute Gasteiger partial charge is 0.481 e. The average molecular weight is 340 g/mol. The molecule has 10 heteroatoms. The Morgan fingerprint density at radius 2 is 1.57 bits per heavy atom. The summed E-state index contributed by atoms with van der Waals surface area (Å²) in [7, 11) is -6.86. The molecule has 122 valence electrons. The lowest BCUT2D eigenvalue weighted by molar-refractivity contribution is -0.142. The van der Waals surface area contributed by atoms with E-state index < -0.39 is 31.9 Å². The molecule has 0 aromatic heterocycles. The van der Waals surface area contributed by atoms with E-state index in [1.54, 1.807) is 0 Å². The summed E-state index contributed by atoms with van der Waals surface area (Å²) in [5, 5.41) is 8.93. The molecule has 8 nitrogen and oxygen atoms in total. The number of sulfone groups is 1. The number of hydrogen-bond donors (Lipinski definition) is 1. The lowest BCUT2D eigenvalue weighted by Crippen LogP contribution is -2.48. The molecule has 2 rings (SSSR count). The van der Waals surface area contributed by atoms with Gasteiger partial charge in [0.15, 0.2) is 9.84 Å². The summed E-state index contributed by atoms with van der Waals surface area (Å²) in [6, 6.07) is 0. The molecule has 2 fully saturated rings. The Labute approximate surface area is 124 Å². The van der Waals surface area contributed by atoms with Gasteiger partial charge in [0.25, 0.3) is 10.2 Å². The highest BCUT2D eigenvalue weighted by atomic mass is 32.2. The summed E-state index contributed by atoms with van der Waals surface area (Å²) in [4.78, 5) is 10.9. The van der Waals surface area contributed by atoms with Gasteiger partial charge in [0.2, 0.25) is 0 Å². The van der Waals surface area contributed by atoms with Gasteiger partial charge in [-0.25, -0.2) is 8.42 Å². The molecule has 0 spiro atoms. The topological polar surface area (TPSA) is 112 Å². The average Bonchev–Trinajstić information content (AvgIpc) is 2.60. The highest BCUT2D eigenvalue weighted by molar-refractivity contribution is 7.91. The van der Waals surface area contributed by atoms with Crippen LogP contribution in [0.25, 0.3) is 0 Å². The van der Waals surface area contributed by atoms with E-state index in [1.165, 1.54) is 8.61 Å². The molecule has 2 aliphatic heterocycles. The van der Waals surface area contributed by atoms with Gasteiger partial charge in [0.1, 0.15) is 0 Å². The zero-order valence-electron chi connectivity index (χ0n) is 11.6. The lowest BCUT2D eigenvalue weighted by atomic mass is 9.99. The van der Waals surface area contributed by atoms with E-state index in [4.69, 9.17) is 5.11 Å². The molecular formula is C11H20N2O6S2. The van der Waals surface area contributed by atoms with E-state index in [1.807, 2.05) is 0 Å². The lowest BCUT2D eigenvalue weighted by Gasteiger charge is -2.33. The predicted octanol–water partition coefficient (Wildman–Crippen LogP) is -0.852. The molecular weight excluding hydrogens is 320 g/mol. The molecule has 2 heterocycles. The molecule has 1 N–H and O–H groups in total. The van der Waals surface area contributed by atoms with Crippen molar-refractivity contribution in [2.75, 3.05) is 37.7 Å². The van der Waals surface area contributed by atoms with E-state index in [9.17, 15) is 21.6 Å². The maximum Gasteiger partial charge on any atom is 0.306 e. The number of piperidine rings is 1. The third kappa shape index (κ3) is 3.93. The van der Waals surface area contributed by atoms with Gasteiger partial charge in [0.05, 0.1) is 17.4 Å². The Bertz CT molecular complexity index is 592. The summed E-state index contributed by atoms with van der Waals surface area (Å²) >= 11 is 0. The van der Waals surface area contributed by atoms with Crippen LogP contribution in [0.2, 0.25) is 0 Å². The Kier molecular flexibility index (Phi) is 4.91. The third-order valence-corrected chi connectivity index (χ3v) is 7.72. The summed E-state index contributed by atoms with van der Waals surface area (Å²) in [6.45, 7) is 0.509. The number of carboxylic acids is 1. The first-order valence-corrected chi connectivity index (χ1v) is 10.1. The number of rotatable bonds is 3. The molecule has 0 saturated carbocycles. The molecule has 0 unspecified atom stereocenters. The van der Waals surface area contributed by atoms with Crippen LogP contribution in [0.15, 0.2) is 0 Å². The highest BCUT2D eigenvalue weighted by Gasteiger charge is 2.36. The van der Waals surface area contributed by atoms with Gasteiger partial charge in [-0.1, -0.05) is 0 Å². The number of hydrogen-bond acceptors (Lipinski definition) is 5. The van der Waals surface area contributed by atoms with Crippen LogP contribution >= 0.6 is 0 Å². The molecule has 0 atom stereocenters. The van der Waals surface area contributed by atoms with Crippen LogP contribution in [0.4, 0.5) is 0 Å². The van der Waals surface area contributed by atoms with Crippen LogP contribution in [0.1, 0.15) is 19.3 Å². The molecule has 0 radical (unpaired) electrons. The monoisotopic (exact) mass is 340 g/mol. The Morgan fingerprint density at radius 3 is 2.14 bits per heavy atom. The van der Waals surface area contributed by atoms with Crippen LogP contribution in [-0.2, 0) is 24.8 Å². The number of nitrogens with zero attached hydrogens (tertiary/aromatic N) is 2. The Hall–Kier alpha value is -0.710. The summed E-state index contributed by atoms with van der Waals surface area (Å²) < 4.78 is 50.5. The van der Waals surface area contributed by atoms with Crippen molar-refractivity contribution in [2.24, 2.45) is 5.92 Å². The molecule has 2 aliphatic rings. The molecule has 0 aliphatic carbocycles. The first kappa shape index (κ1) is 16.7. The molecule has 0 amide bonds. The van der Waals surface area contributed by atoms with Crippen molar-refractivity contribution >= 4 is 26.0 Å². The molecule has 0 aromatic carbocycles. The van der Waals surface area contributed by atoms with Crippen molar-refractivity contribution in [3.8, 4) is 0 Å². The van der Waals surface area contributed by atoms with Crippen molar-refractivity contribution in [2.45, 2.75) is 19.3 Å².